The van der Waals surface area contributed by atoms with Crippen LogP contribution >= 0.6 is 0 Å². The van der Waals surface area contributed by atoms with Crippen molar-refractivity contribution in [3.63, 3.8) is 0 Å². The summed E-state index contributed by atoms with van der Waals surface area (Å²) in [5, 5.41) is 8.46. The van der Waals surface area contributed by atoms with Crippen molar-refractivity contribution in [1.82, 2.24) is 0 Å². The highest BCUT2D eigenvalue weighted by atomic mass is 16.7. The van der Waals surface area contributed by atoms with Crippen molar-refractivity contribution < 1.29 is 24.1 Å². The Morgan fingerprint density at radius 3 is 3.06 bits per heavy atom. The molecule has 0 aromatic heterocycles. The van der Waals surface area contributed by atoms with Crippen LogP contribution in [0.25, 0.3) is 0 Å². The summed E-state index contributed by atoms with van der Waals surface area (Å²) in [5.74, 6) is 1.10. The molecule has 0 spiro atoms. The average molecular weight is 250 g/mol. The zero-order chi connectivity index (χ0) is 13.0. The molecule has 0 radical (unpaired) electrons. The van der Waals surface area contributed by atoms with Gasteiger partial charge in [-0.3, -0.25) is 0 Å². The van der Waals surface area contributed by atoms with E-state index in [0.29, 0.717) is 23.7 Å². The van der Waals surface area contributed by atoms with Gasteiger partial charge in [0, 0.05) is 18.6 Å². The number of carboxylic acid groups (broad SMARTS) is 1. The van der Waals surface area contributed by atoms with Crippen LogP contribution in [0.2, 0.25) is 0 Å². The van der Waals surface area contributed by atoms with E-state index < -0.39 is 5.97 Å². The van der Waals surface area contributed by atoms with Gasteiger partial charge in [0.2, 0.25) is 6.79 Å². The molecule has 5 nitrogen and oxygen atoms in total. The van der Waals surface area contributed by atoms with Crippen LogP contribution in [0.3, 0.4) is 0 Å². The van der Waals surface area contributed by atoms with E-state index in [0.717, 1.165) is 6.08 Å². The molecule has 0 saturated carbocycles. The Balaban J connectivity index is 1.91. The van der Waals surface area contributed by atoms with Crippen molar-refractivity contribution in [3.8, 4) is 17.2 Å². The van der Waals surface area contributed by atoms with Crippen molar-refractivity contribution in [3.05, 3.63) is 30.4 Å². The molecule has 5 heteroatoms. The van der Waals surface area contributed by atoms with Crippen molar-refractivity contribution in [2.75, 3.05) is 6.79 Å². The number of hydrogen-bond donors (Lipinski definition) is 1. The Bertz CT molecular complexity index is 466. The Kier molecular flexibility index (Phi) is 3.72. The summed E-state index contributed by atoms with van der Waals surface area (Å²) in [4.78, 5) is 10.3. The lowest BCUT2D eigenvalue weighted by Gasteiger charge is -2.12. The minimum Gasteiger partial charge on any atom is -0.490 e. The molecule has 0 amide bonds. The minimum absolute atomic E-state index is 0.110. The molecule has 1 aromatic rings. The van der Waals surface area contributed by atoms with Crippen LogP contribution in [0, 0.1) is 0 Å². The molecule has 18 heavy (non-hydrogen) atoms. The monoisotopic (exact) mass is 250 g/mol. The third kappa shape index (κ3) is 3.16. The van der Waals surface area contributed by atoms with E-state index in [1.807, 2.05) is 6.92 Å². The molecule has 1 atom stereocenters. The molecule has 2 rings (SSSR count). The Labute approximate surface area is 105 Å². The predicted molar refractivity (Wildman–Crippen MR) is 64.0 cm³/mol. The van der Waals surface area contributed by atoms with Gasteiger partial charge in [-0.1, -0.05) is 6.08 Å². The third-order valence-corrected chi connectivity index (χ3v) is 2.41. The van der Waals surface area contributed by atoms with E-state index in [1.165, 1.54) is 0 Å². The lowest BCUT2D eigenvalue weighted by atomic mass is 10.2. The van der Waals surface area contributed by atoms with Crippen LogP contribution in [0.1, 0.15) is 13.3 Å². The molecule has 1 aliphatic rings. The Morgan fingerprint density at radius 2 is 2.28 bits per heavy atom. The lowest BCUT2D eigenvalue weighted by molar-refractivity contribution is -0.131. The molecule has 0 bridgehead atoms. The van der Waals surface area contributed by atoms with Crippen LogP contribution in [0.4, 0.5) is 0 Å². The molecule has 96 valence electrons. The highest BCUT2D eigenvalue weighted by Crippen LogP contribution is 2.35. The fraction of sp³-hybridized carbons (Fsp3) is 0.308. The number of benzene rings is 1. The fourth-order valence-electron chi connectivity index (χ4n) is 1.59. The van der Waals surface area contributed by atoms with E-state index in [4.69, 9.17) is 19.3 Å². The van der Waals surface area contributed by atoms with Gasteiger partial charge in [0.15, 0.2) is 11.5 Å². The maximum absolute atomic E-state index is 10.3. The topological polar surface area (TPSA) is 65.0 Å². The second kappa shape index (κ2) is 5.44. The predicted octanol–water partition coefficient (Wildman–Crippen LogP) is 2.21. The summed E-state index contributed by atoms with van der Waals surface area (Å²) in [5.41, 5.74) is 0. The molecule has 0 aliphatic carbocycles. The van der Waals surface area contributed by atoms with Gasteiger partial charge in [-0.2, -0.15) is 0 Å². The van der Waals surface area contributed by atoms with Crippen molar-refractivity contribution in [2.45, 2.75) is 19.4 Å². The molecule has 1 unspecified atom stereocenters. The SMILES string of the molecule is CC(C/C=C/C(=O)O)Oc1ccc2c(c1)OCO2. The molecule has 0 saturated heterocycles. The van der Waals surface area contributed by atoms with Crippen LogP contribution in [-0.4, -0.2) is 24.0 Å². The quantitative estimate of drug-likeness (QED) is 0.812. The number of hydrogen-bond acceptors (Lipinski definition) is 4. The number of carbonyl (C=O) groups is 1. The highest BCUT2D eigenvalue weighted by molar-refractivity contribution is 5.79. The maximum atomic E-state index is 10.3. The number of ether oxygens (including phenoxy) is 3. The minimum atomic E-state index is -0.953. The summed E-state index contributed by atoms with van der Waals surface area (Å²) in [6.07, 6.45) is 3.10. The van der Waals surface area contributed by atoms with Gasteiger partial charge in [-0.25, -0.2) is 4.79 Å². The standard InChI is InChI=1S/C13H14O5/c1-9(3-2-4-13(14)15)18-10-5-6-11-12(7-10)17-8-16-11/h2,4-7,9H,3,8H2,1H3,(H,14,15)/b4-2+. The fourth-order valence-corrected chi connectivity index (χ4v) is 1.59. The van der Waals surface area contributed by atoms with Gasteiger partial charge in [-0.15, -0.1) is 0 Å². The first-order valence-corrected chi connectivity index (χ1v) is 5.61. The third-order valence-electron chi connectivity index (χ3n) is 2.41. The van der Waals surface area contributed by atoms with E-state index in [9.17, 15) is 4.79 Å². The average Bonchev–Trinajstić information content (AvgIpc) is 2.75. The second-order valence-electron chi connectivity index (χ2n) is 3.92. The molecule has 0 fully saturated rings. The summed E-state index contributed by atoms with van der Waals surface area (Å²) in [6.45, 7) is 2.10. The molecular weight excluding hydrogens is 236 g/mol. The van der Waals surface area contributed by atoms with Crippen LogP contribution in [0.15, 0.2) is 30.4 Å². The van der Waals surface area contributed by atoms with E-state index in [2.05, 4.69) is 0 Å². The molecule has 1 aromatic carbocycles. The van der Waals surface area contributed by atoms with Crippen LogP contribution in [-0.2, 0) is 4.79 Å². The van der Waals surface area contributed by atoms with Gasteiger partial charge >= 0.3 is 5.97 Å². The zero-order valence-corrected chi connectivity index (χ0v) is 9.96. The largest absolute Gasteiger partial charge is 0.490 e. The van der Waals surface area contributed by atoms with E-state index in [1.54, 1.807) is 24.3 Å². The zero-order valence-electron chi connectivity index (χ0n) is 9.96. The summed E-state index contributed by atoms with van der Waals surface area (Å²) < 4.78 is 16.1. The number of fused-ring (bicyclic) bond motifs is 1. The van der Waals surface area contributed by atoms with Gasteiger partial charge in [0.05, 0.1) is 6.10 Å². The number of rotatable bonds is 5. The van der Waals surface area contributed by atoms with Crippen molar-refractivity contribution in [2.24, 2.45) is 0 Å². The van der Waals surface area contributed by atoms with Gasteiger partial charge in [-0.05, 0) is 19.1 Å². The first-order chi connectivity index (χ1) is 8.65. The summed E-state index contributed by atoms with van der Waals surface area (Å²) >= 11 is 0. The van der Waals surface area contributed by atoms with Gasteiger partial charge in [0.1, 0.15) is 5.75 Å². The maximum Gasteiger partial charge on any atom is 0.327 e. The summed E-state index contributed by atoms with van der Waals surface area (Å²) in [6, 6.07) is 5.35. The normalized spacial score (nSPS) is 14.7. The second-order valence-corrected chi connectivity index (χ2v) is 3.92. The van der Waals surface area contributed by atoms with Crippen molar-refractivity contribution >= 4 is 5.97 Å². The smallest absolute Gasteiger partial charge is 0.327 e. The summed E-state index contributed by atoms with van der Waals surface area (Å²) in [7, 11) is 0. The first-order valence-electron chi connectivity index (χ1n) is 5.61. The molecule has 1 heterocycles. The van der Waals surface area contributed by atoms with Gasteiger partial charge < -0.3 is 19.3 Å². The first kappa shape index (κ1) is 12.3. The number of carboxylic acids is 1. The van der Waals surface area contributed by atoms with Gasteiger partial charge in [0.25, 0.3) is 0 Å². The van der Waals surface area contributed by atoms with Crippen molar-refractivity contribution in [1.29, 1.82) is 0 Å². The Morgan fingerprint density at radius 1 is 1.50 bits per heavy atom. The highest BCUT2D eigenvalue weighted by Gasteiger charge is 2.14. The molecule has 1 N–H and O–H groups in total. The molecule has 1 aliphatic heterocycles. The Hall–Kier alpha value is -2.17. The van der Waals surface area contributed by atoms with Crippen LogP contribution in [0.5, 0.6) is 17.2 Å². The number of aliphatic carboxylic acids is 1. The lowest BCUT2D eigenvalue weighted by Crippen LogP contribution is -2.10. The molecular formula is C13H14O5. The van der Waals surface area contributed by atoms with Crippen LogP contribution < -0.4 is 14.2 Å². The van der Waals surface area contributed by atoms with E-state index >= 15 is 0 Å². The van der Waals surface area contributed by atoms with E-state index in [-0.39, 0.29) is 12.9 Å².